The average molecular weight is 199 g/mol. The molecule has 0 rings (SSSR count). The number of carbonyl (C=O) groups is 1. The molecule has 1 unspecified atom stereocenters. The molecule has 0 bridgehead atoms. The number of hydrogen-bond acceptors (Lipinski definition) is 1. The summed E-state index contributed by atoms with van der Waals surface area (Å²) < 4.78 is 0. The van der Waals surface area contributed by atoms with Crippen LogP contribution in [0.3, 0.4) is 0 Å². The first-order valence-corrected chi connectivity index (χ1v) is 5.61. The smallest absolute Gasteiger partial charge is 0.226 e. The molecule has 0 aromatic carbocycles. The van der Waals surface area contributed by atoms with Crippen molar-refractivity contribution in [2.45, 2.75) is 60.5 Å². The van der Waals surface area contributed by atoms with Gasteiger partial charge in [-0.15, -0.1) is 0 Å². The van der Waals surface area contributed by atoms with E-state index in [1.165, 1.54) is 0 Å². The molecule has 0 heterocycles. The lowest BCUT2D eigenvalue weighted by Gasteiger charge is -2.34. The molecule has 84 valence electrons. The van der Waals surface area contributed by atoms with Gasteiger partial charge in [0.05, 0.1) is 0 Å². The van der Waals surface area contributed by atoms with Gasteiger partial charge in [0.15, 0.2) is 0 Å². The van der Waals surface area contributed by atoms with E-state index in [4.69, 9.17) is 0 Å². The lowest BCUT2D eigenvalue weighted by Crippen LogP contribution is -2.45. The first-order valence-electron chi connectivity index (χ1n) is 5.61. The highest BCUT2D eigenvalue weighted by molar-refractivity contribution is 5.79. The van der Waals surface area contributed by atoms with Gasteiger partial charge in [-0.3, -0.25) is 4.79 Å². The van der Waals surface area contributed by atoms with Crippen molar-refractivity contribution in [3.05, 3.63) is 0 Å². The second-order valence-electron chi connectivity index (χ2n) is 4.97. The standard InChI is InChI=1S/C12H25NO/c1-8(2)11(7)12(14)13(9(3)4)10(5)6/h8-11H,1-7H3. The molecule has 0 saturated heterocycles. The molecule has 1 amide bonds. The first-order chi connectivity index (χ1) is 6.29. The van der Waals surface area contributed by atoms with Crippen molar-refractivity contribution in [2.75, 3.05) is 0 Å². The number of rotatable bonds is 4. The molecular weight excluding hydrogens is 174 g/mol. The highest BCUT2D eigenvalue weighted by Gasteiger charge is 2.26. The molecular formula is C12H25NO. The van der Waals surface area contributed by atoms with Gasteiger partial charge in [-0.1, -0.05) is 20.8 Å². The van der Waals surface area contributed by atoms with Gasteiger partial charge in [0.25, 0.3) is 0 Å². The molecule has 1 atom stereocenters. The largest absolute Gasteiger partial charge is 0.338 e. The van der Waals surface area contributed by atoms with Crippen LogP contribution < -0.4 is 0 Å². The van der Waals surface area contributed by atoms with Crippen LogP contribution in [-0.4, -0.2) is 22.9 Å². The highest BCUT2D eigenvalue weighted by atomic mass is 16.2. The van der Waals surface area contributed by atoms with Crippen LogP contribution in [0.25, 0.3) is 0 Å². The Balaban J connectivity index is 4.60. The van der Waals surface area contributed by atoms with Crippen molar-refractivity contribution < 1.29 is 4.79 Å². The fraction of sp³-hybridized carbons (Fsp3) is 0.917. The van der Waals surface area contributed by atoms with E-state index in [0.29, 0.717) is 18.0 Å². The first kappa shape index (κ1) is 13.5. The summed E-state index contributed by atoms with van der Waals surface area (Å²) in [5.41, 5.74) is 0. The molecule has 0 saturated carbocycles. The molecule has 0 aliphatic heterocycles. The van der Waals surface area contributed by atoms with E-state index in [2.05, 4.69) is 41.5 Å². The van der Waals surface area contributed by atoms with Crippen LogP contribution in [0.1, 0.15) is 48.5 Å². The van der Waals surface area contributed by atoms with E-state index >= 15 is 0 Å². The fourth-order valence-electron chi connectivity index (χ4n) is 1.63. The molecule has 0 aliphatic carbocycles. The monoisotopic (exact) mass is 199 g/mol. The molecule has 0 fully saturated rings. The normalized spacial score (nSPS) is 13.9. The van der Waals surface area contributed by atoms with Gasteiger partial charge >= 0.3 is 0 Å². The summed E-state index contributed by atoms with van der Waals surface area (Å²) in [6.45, 7) is 14.5. The molecule has 0 spiro atoms. The topological polar surface area (TPSA) is 20.3 Å². The lowest BCUT2D eigenvalue weighted by atomic mass is 9.95. The molecule has 0 aliphatic rings. The van der Waals surface area contributed by atoms with Crippen LogP contribution in [0.15, 0.2) is 0 Å². The summed E-state index contributed by atoms with van der Waals surface area (Å²) in [7, 11) is 0. The van der Waals surface area contributed by atoms with Gasteiger partial charge in [0.1, 0.15) is 0 Å². The molecule has 0 aromatic rings. The molecule has 2 nitrogen and oxygen atoms in total. The SMILES string of the molecule is CC(C)C(C)C(=O)N(C(C)C)C(C)C. The summed E-state index contributed by atoms with van der Waals surface area (Å²) in [6, 6.07) is 0.590. The summed E-state index contributed by atoms with van der Waals surface area (Å²) in [6.07, 6.45) is 0. The Bertz CT molecular complexity index is 177. The van der Waals surface area contributed by atoms with Crippen LogP contribution in [-0.2, 0) is 4.79 Å². The van der Waals surface area contributed by atoms with E-state index in [0.717, 1.165) is 0 Å². The number of amides is 1. The third-order valence-corrected chi connectivity index (χ3v) is 2.76. The zero-order valence-corrected chi connectivity index (χ0v) is 10.7. The van der Waals surface area contributed by atoms with Crippen LogP contribution in [0.4, 0.5) is 0 Å². The van der Waals surface area contributed by atoms with E-state index < -0.39 is 0 Å². The third kappa shape index (κ3) is 3.32. The minimum absolute atomic E-state index is 0.125. The summed E-state index contributed by atoms with van der Waals surface area (Å²) in [5, 5.41) is 0. The average Bonchev–Trinajstić information content (AvgIpc) is 2.01. The molecule has 0 N–H and O–H groups in total. The predicted octanol–water partition coefficient (Wildman–Crippen LogP) is 2.92. The van der Waals surface area contributed by atoms with Crippen molar-refractivity contribution in [2.24, 2.45) is 11.8 Å². The van der Waals surface area contributed by atoms with Crippen molar-refractivity contribution >= 4 is 5.91 Å². The van der Waals surface area contributed by atoms with Crippen LogP contribution in [0, 0.1) is 11.8 Å². The maximum Gasteiger partial charge on any atom is 0.226 e. The van der Waals surface area contributed by atoms with Crippen molar-refractivity contribution in [3.63, 3.8) is 0 Å². The second kappa shape index (κ2) is 5.38. The molecule has 0 aromatic heterocycles. The third-order valence-electron chi connectivity index (χ3n) is 2.76. The number of carbonyl (C=O) groups excluding carboxylic acids is 1. The molecule has 0 radical (unpaired) electrons. The molecule has 2 heteroatoms. The van der Waals surface area contributed by atoms with Gasteiger partial charge in [-0.2, -0.15) is 0 Å². The summed E-state index contributed by atoms with van der Waals surface area (Å²) in [5.74, 6) is 0.826. The second-order valence-corrected chi connectivity index (χ2v) is 4.97. The van der Waals surface area contributed by atoms with Gasteiger partial charge in [0, 0.05) is 18.0 Å². The minimum atomic E-state index is 0.125. The Morgan fingerprint density at radius 1 is 0.857 bits per heavy atom. The van der Waals surface area contributed by atoms with Crippen LogP contribution >= 0.6 is 0 Å². The van der Waals surface area contributed by atoms with E-state index in [1.54, 1.807) is 0 Å². The number of nitrogens with zero attached hydrogens (tertiary/aromatic N) is 1. The Morgan fingerprint density at radius 2 is 1.21 bits per heavy atom. The lowest BCUT2D eigenvalue weighted by molar-refractivity contribution is -0.140. The highest BCUT2D eigenvalue weighted by Crippen LogP contribution is 2.17. The zero-order valence-electron chi connectivity index (χ0n) is 10.7. The van der Waals surface area contributed by atoms with Gasteiger partial charge in [-0.25, -0.2) is 0 Å². The van der Waals surface area contributed by atoms with Gasteiger partial charge < -0.3 is 4.90 Å². The van der Waals surface area contributed by atoms with Crippen LogP contribution in [0.2, 0.25) is 0 Å². The van der Waals surface area contributed by atoms with Gasteiger partial charge in [0.2, 0.25) is 5.91 Å². The Hall–Kier alpha value is -0.530. The predicted molar refractivity (Wildman–Crippen MR) is 61.1 cm³/mol. The fourth-order valence-corrected chi connectivity index (χ4v) is 1.63. The van der Waals surface area contributed by atoms with Crippen molar-refractivity contribution in [3.8, 4) is 0 Å². The quantitative estimate of drug-likeness (QED) is 0.681. The Morgan fingerprint density at radius 3 is 1.43 bits per heavy atom. The zero-order chi connectivity index (χ0) is 11.5. The van der Waals surface area contributed by atoms with Crippen LogP contribution in [0.5, 0.6) is 0 Å². The Labute approximate surface area is 88.7 Å². The van der Waals surface area contributed by atoms with Crippen molar-refractivity contribution in [1.29, 1.82) is 0 Å². The maximum absolute atomic E-state index is 12.1. The minimum Gasteiger partial charge on any atom is -0.338 e. The van der Waals surface area contributed by atoms with E-state index in [-0.39, 0.29) is 11.8 Å². The van der Waals surface area contributed by atoms with Crippen molar-refractivity contribution in [1.82, 2.24) is 4.90 Å². The maximum atomic E-state index is 12.1. The van der Waals surface area contributed by atoms with Gasteiger partial charge in [-0.05, 0) is 33.6 Å². The summed E-state index contributed by atoms with van der Waals surface area (Å²) in [4.78, 5) is 14.1. The van der Waals surface area contributed by atoms with E-state index in [9.17, 15) is 4.79 Å². The Kier molecular flexibility index (Phi) is 5.17. The number of hydrogen-bond donors (Lipinski definition) is 0. The van der Waals surface area contributed by atoms with E-state index in [1.807, 2.05) is 11.8 Å². The molecule has 14 heavy (non-hydrogen) atoms. The summed E-state index contributed by atoms with van der Waals surface area (Å²) >= 11 is 0.